The van der Waals surface area contributed by atoms with E-state index in [1.165, 1.54) is 24.7 Å². The van der Waals surface area contributed by atoms with Gasteiger partial charge < -0.3 is 5.32 Å². The predicted molar refractivity (Wildman–Crippen MR) is 76.9 cm³/mol. The van der Waals surface area contributed by atoms with Crippen LogP contribution >= 0.6 is 0 Å². The molecule has 1 aromatic heterocycles. The van der Waals surface area contributed by atoms with Crippen molar-refractivity contribution in [3.8, 4) is 0 Å². The largest absolute Gasteiger partial charge is 0.360 e. The zero-order chi connectivity index (χ0) is 13.9. The van der Waals surface area contributed by atoms with Crippen molar-refractivity contribution in [3.05, 3.63) is 53.7 Å². The van der Waals surface area contributed by atoms with Crippen LogP contribution in [0.25, 0.3) is 0 Å². The molecular formula is C16H18FN3. The molecule has 1 aliphatic carbocycles. The van der Waals surface area contributed by atoms with Crippen LogP contribution < -0.4 is 5.32 Å². The Morgan fingerprint density at radius 1 is 1.25 bits per heavy atom. The van der Waals surface area contributed by atoms with Crippen molar-refractivity contribution < 1.29 is 4.39 Å². The van der Waals surface area contributed by atoms with Gasteiger partial charge in [-0.25, -0.2) is 14.4 Å². The summed E-state index contributed by atoms with van der Waals surface area (Å²) in [6.45, 7) is 1.89. The molecule has 1 unspecified atom stereocenters. The maximum Gasteiger partial charge on any atom is 0.186 e. The van der Waals surface area contributed by atoms with Gasteiger partial charge in [0.1, 0.15) is 6.33 Å². The van der Waals surface area contributed by atoms with Gasteiger partial charge >= 0.3 is 0 Å². The number of nitrogens with one attached hydrogen (secondary N) is 1. The Morgan fingerprint density at radius 3 is 2.65 bits per heavy atom. The second-order valence-electron chi connectivity index (χ2n) is 5.21. The third-order valence-electron chi connectivity index (χ3n) is 3.74. The molecule has 0 saturated heterocycles. The molecule has 0 spiro atoms. The summed E-state index contributed by atoms with van der Waals surface area (Å²) in [5.41, 5.74) is 1.65. The summed E-state index contributed by atoms with van der Waals surface area (Å²) in [5, 5.41) is 3.27. The fourth-order valence-corrected chi connectivity index (χ4v) is 2.46. The summed E-state index contributed by atoms with van der Waals surface area (Å²) >= 11 is 0. The second-order valence-corrected chi connectivity index (χ2v) is 5.21. The van der Waals surface area contributed by atoms with Crippen LogP contribution in [0.15, 0.2) is 36.7 Å². The number of aryl methyl sites for hydroxylation is 1. The Labute approximate surface area is 118 Å². The van der Waals surface area contributed by atoms with Gasteiger partial charge in [-0.3, -0.25) is 0 Å². The highest BCUT2D eigenvalue weighted by molar-refractivity contribution is 5.41. The number of hydrogen-bond acceptors (Lipinski definition) is 3. The van der Waals surface area contributed by atoms with Crippen molar-refractivity contribution in [2.75, 3.05) is 5.32 Å². The fraction of sp³-hybridized carbons (Fsp3) is 0.375. The summed E-state index contributed by atoms with van der Waals surface area (Å²) in [6, 6.07) is 10.3. The Balaban J connectivity index is 1.88. The molecular weight excluding hydrogens is 253 g/mol. The van der Waals surface area contributed by atoms with Crippen LogP contribution in [-0.4, -0.2) is 9.97 Å². The van der Waals surface area contributed by atoms with Gasteiger partial charge in [0, 0.05) is 0 Å². The Kier molecular flexibility index (Phi) is 3.63. The Morgan fingerprint density at radius 2 is 2.00 bits per heavy atom. The minimum absolute atomic E-state index is 0.130. The van der Waals surface area contributed by atoms with Crippen molar-refractivity contribution in [1.29, 1.82) is 0 Å². The van der Waals surface area contributed by atoms with E-state index in [0.29, 0.717) is 23.9 Å². The highest BCUT2D eigenvalue weighted by Crippen LogP contribution is 2.42. The van der Waals surface area contributed by atoms with E-state index in [-0.39, 0.29) is 11.9 Å². The molecule has 0 aliphatic heterocycles. The van der Waals surface area contributed by atoms with E-state index >= 15 is 0 Å². The van der Waals surface area contributed by atoms with Gasteiger partial charge in [-0.05, 0) is 30.7 Å². The quantitative estimate of drug-likeness (QED) is 0.900. The second kappa shape index (κ2) is 5.57. The van der Waals surface area contributed by atoms with Crippen molar-refractivity contribution >= 4 is 5.82 Å². The van der Waals surface area contributed by atoms with Crippen LogP contribution in [0.4, 0.5) is 10.2 Å². The molecule has 3 nitrogen and oxygen atoms in total. The van der Waals surface area contributed by atoms with Gasteiger partial charge in [0.15, 0.2) is 11.6 Å². The summed E-state index contributed by atoms with van der Waals surface area (Å²) in [5.74, 6) is 0.561. The average molecular weight is 271 g/mol. The maximum atomic E-state index is 14.2. The number of nitrogens with zero attached hydrogens (tertiary/aromatic N) is 2. The van der Waals surface area contributed by atoms with Gasteiger partial charge in [0.2, 0.25) is 0 Å². The third kappa shape index (κ3) is 2.64. The number of hydrogen-bond donors (Lipinski definition) is 1. The number of anilines is 1. The van der Waals surface area contributed by atoms with Crippen LogP contribution in [0.5, 0.6) is 0 Å². The molecule has 104 valence electrons. The number of halogens is 1. The van der Waals surface area contributed by atoms with Crippen LogP contribution in [0.2, 0.25) is 0 Å². The molecule has 1 saturated carbocycles. The first-order chi connectivity index (χ1) is 9.79. The summed E-state index contributed by atoms with van der Waals surface area (Å²) in [6.07, 6.45) is 4.36. The van der Waals surface area contributed by atoms with Crippen LogP contribution in [0.3, 0.4) is 0 Å². The lowest BCUT2D eigenvalue weighted by molar-refractivity contribution is 0.585. The van der Waals surface area contributed by atoms with Crippen LogP contribution in [0, 0.1) is 11.7 Å². The van der Waals surface area contributed by atoms with Crippen molar-refractivity contribution in [3.63, 3.8) is 0 Å². The molecule has 0 radical (unpaired) electrons. The number of aromatic nitrogens is 2. The minimum Gasteiger partial charge on any atom is -0.360 e. The fourth-order valence-electron chi connectivity index (χ4n) is 2.46. The van der Waals surface area contributed by atoms with Crippen LogP contribution in [-0.2, 0) is 6.42 Å². The predicted octanol–water partition coefficient (Wildman–Crippen LogP) is 3.74. The van der Waals surface area contributed by atoms with Gasteiger partial charge in [-0.15, -0.1) is 0 Å². The van der Waals surface area contributed by atoms with Crippen LogP contribution in [0.1, 0.15) is 37.1 Å². The van der Waals surface area contributed by atoms with E-state index in [1.54, 1.807) is 0 Å². The lowest BCUT2D eigenvalue weighted by Gasteiger charge is -2.20. The molecule has 20 heavy (non-hydrogen) atoms. The zero-order valence-electron chi connectivity index (χ0n) is 11.5. The monoisotopic (exact) mass is 271 g/mol. The summed E-state index contributed by atoms with van der Waals surface area (Å²) in [7, 11) is 0. The van der Waals surface area contributed by atoms with E-state index in [2.05, 4.69) is 27.4 Å². The molecule has 1 N–H and O–H groups in total. The molecule has 0 amide bonds. The molecule has 4 heteroatoms. The van der Waals surface area contributed by atoms with Crippen molar-refractivity contribution in [1.82, 2.24) is 9.97 Å². The standard InChI is InChI=1S/C16H18FN3/c1-2-13-14(17)16(19-10-18-13)20-15(12-8-9-12)11-6-4-3-5-7-11/h3-7,10,12,15H,2,8-9H2,1H3,(H,18,19,20). The zero-order valence-corrected chi connectivity index (χ0v) is 11.5. The molecule has 3 rings (SSSR count). The highest BCUT2D eigenvalue weighted by Gasteiger charge is 2.33. The Bertz CT molecular complexity index is 582. The summed E-state index contributed by atoms with van der Waals surface area (Å²) < 4.78 is 14.2. The SMILES string of the molecule is CCc1ncnc(NC(c2ccccc2)C2CC2)c1F. The Hall–Kier alpha value is -1.97. The van der Waals surface area contributed by atoms with Gasteiger partial charge in [-0.1, -0.05) is 37.3 Å². The summed E-state index contributed by atoms with van der Waals surface area (Å²) in [4.78, 5) is 8.04. The first-order valence-corrected chi connectivity index (χ1v) is 7.10. The lowest BCUT2D eigenvalue weighted by Crippen LogP contribution is -2.16. The minimum atomic E-state index is -0.323. The lowest BCUT2D eigenvalue weighted by atomic mass is 10.0. The molecule has 1 atom stereocenters. The third-order valence-corrected chi connectivity index (χ3v) is 3.74. The number of rotatable bonds is 5. The molecule has 0 bridgehead atoms. The van der Waals surface area contributed by atoms with E-state index < -0.39 is 0 Å². The van der Waals surface area contributed by atoms with E-state index in [9.17, 15) is 4.39 Å². The molecule has 1 fully saturated rings. The molecule has 2 aromatic rings. The topological polar surface area (TPSA) is 37.8 Å². The smallest absolute Gasteiger partial charge is 0.186 e. The normalized spacial score (nSPS) is 15.9. The molecule has 1 heterocycles. The average Bonchev–Trinajstić information content (AvgIpc) is 3.32. The highest BCUT2D eigenvalue weighted by atomic mass is 19.1. The number of benzene rings is 1. The first kappa shape index (κ1) is 13.0. The molecule has 1 aromatic carbocycles. The maximum absolute atomic E-state index is 14.2. The molecule has 1 aliphatic rings. The van der Waals surface area contributed by atoms with Crippen molar-refractivity contribution in [2.45, 2.75) is 32.2 Å². The van der Waals surface area contributed by atoms with Gasteiger partial charge in [0.05, 0.1) is 11.7 Å². The first-order valence-electron chi connectivity index (χ1n) is 7.10. The van der Waals surface area contributed by atoms with E-state index in [4.69, 9.17) is 0 Å². The van der Waals surface area contributed by atoms with E-state index in [1.807, 2.05) is 25.1 Å². The van der Waals surface area contributed by atoms with E-state index in [0.717, 1.165) is 0 Å². The van der Waals surface area contributed by atoms with Gasteiger partial charge in [-0.2, -0.15) is 0 Å². The van der Waals surface area contributed by atoms with Crippen molar-refractivity contribution in [2.24, 2.45) is 5.92 Å². The van der Waals surface area contributed by atoms with Gasteiger partial charge in [0.25, 0.3) is 0 Å².